The monoisotopic (exact) mass is 685 g/mol. The van der Waals surface area contributed by atoms with E-state index in [1.54, 1.807) is 38.1 Å². The molecular weight excluding hydrogens is 646 g/mol. The summed E-state index contributed by atoms with van der Waals surface area (Å²) in [7, 11) is -4.34. The van der Waals surface area contributed by atoms with E-state index < -0.39 is 10.3 Å². The highest BCUT2D eigenvalue weighted by Gasteiger charge is 2.09. The zero-order chi connectivity index (χ0) is 34.3. The van der Waals surface area contributed by atoms with Crippen LogP contribution in [0, 0.1) is 13.8 Å². The lowest BCUT2D eigenvalue weighted by atomic mass is 10.1. The van der Waals surface area contributed by atoms with Crippen molar-refractivity contribution in [1.29, 1.82) is 0 Å². The second-order valence-corrected chi connectivity index (χ2v) is 12.2. The van der Waals surface area contributed by atoms with Crippen LogP contribution in [-0.4, -0.2) is 42.8 Å². The number of anilines is 1. The standard InChI is InChI=1S/C17H18N4O4S.C17H17N3O2.CH4/c1-11-3-5-14(8-16(11)21-26(22,23)24)12(2)20-25-9-13-4-6-15-17(7-13)19-10-18-15;1-11-3-5-14(8-17(11)21)12(2)20-22-9-13-4-6-15-16(7-13)19-10-18-15;/h3-8,21H,9-10H2,1-2H3,(H,22,23,24);3-8,21H,9-10H2,1-2H3;1H4/b2*20-12+;. The average molecular weight is 686 g/mol. The van der Waals surface area contributed by atoms with Crippen molar-refractivity contribution >= 4 is 27.4 Å². The van der Waals surface area contributed by atoms with Gasteiger partial charge in [0.25, 0.3) is 0 Å². The molecule has 0 saturated heterocycles. The van der Waals surface area contributed by atoms with Crippen molar-refractivity contribution in [3.05, 3.63) is 128 Å². The van der Waals surface area contributed by atoms with Crippen LogP contribution in [0.3, 0.4) is 0 Å². The first kappa shape index (κ1) is 36.4. The van der Waals surface area contributed by atoms with Crippen LogP contribution in [0.15, 0.2) is 103 Å². The number of oxime groups is 2. The number of aryl methyl sites for hydroxylation is 2. The molecule has 0 spiro atoms. The maximum absolute atomic E-state index is 11.0. The maximum Gasteiger partial charge on any atom is 0.357 e. The van der Waals surface area contributed by atoms with Crippen molar-refractivity contribution in [3.63, 3.8) is 0 Å². The second kappa shape index (κ2) is 16.1. The summed E-state index contributed by atoms with van der Waals surface area (Å²) in [5.41, 5.74) is 6.53. The van der Waals surface area contributed by atoms with Crippen LogP contribution in [0.4, 0.5) is 5.69 Å². The summed E-state index contributed by atoms with van der Waals surface area (Å²) in [5.74, 6) is 0.260. The van der Waals surface area contributed by atoms with Gasteiger partial charge >= 0.3 is 10.3 Å². The van der Waals surface area contributed by atoms with Crippen LogP contribution in [-0.2, 0) is 33.2 Å². The lowest BCUT2D eigenvalue weighted by Crippen LogP contribution is -2.21. The van der Waals surface area contributed by atoms with E-state index in [1.165, 1.54) is 0 Å². The Morgan fingerprint density at radius 2 is 1.18 bits per heavy atom. The highest BCUT2D eigenvalue weighted by Crippen LogP contribution is 2.19. The molecule has 49 heavy (non-hydrogen) atoms. The number of aromatic hydroxyl groups is 1. The van der Waals surface area contributed by atoms with Crippen molar-refractivity contribution < 1.29 is 27.8 Å². The fourth-order valence-electron chi connectivity index (χ4n) is 4.66. The first-order chi connectivity index (χ1) is 22.9. The number of hydrogen-bond donors (Lipinski definition) is 3. The fourth-order valence-corrected chi connectivity index (χ4v) is 5.15. The number of fused-ring (bicyclic) bond motifs is 2. The minimum atomic E-state index is -4.34. The third-order valence-electron chi connectivity index (χ3n) is 7.43. The minimum absolute atomic E-state index is 0. The Balaban J connectivity index is 0.000000219. The van der Waals surface area contributed by atoms with E-state index >= 15 is 0 Å². The molecule has 14 heteroatoms. The van der Waals surface area contributed by atoms with Gasteiger partial charge in [0.05, 0.1) is 38.5 Å². The summed E-state index contributed by atoms with van der Waals surface area (Å²) in [4.78, 5) is 27.8. The van der Waals surface area contributed by atoms with E-state index in [1.807, 2.05) is 62.4 Å². The average Bonchev–Trinajstić information content (AvgIpc) is 3.72. The van der Waals surface area contributed by atoms with Gasteiger partial charge < -0.3 is 14.8 Å². The SMILES string of the molecule is C.C/C(=N\OCc1ccc2c(c1)=NCN=2)c1ccc(C)c(NS(=O)(=O)O)c1.C/C(=N\OCc1ccc2c(c1)=NCN=2)c1ccc(C)c(O)c1. The molecule has 0 saturated carbocycles. The van der Waals surface area contributed by atoms with E-state index in [-0.39, 0.29) is 25.5 Å². The Bertz CT molecular complexity index is 2270. The molecule has 4 aromatic rings. The second-order valence-electron chi connectivity index (χ2n) is 11.1. The van der Waals surface area contributed by atoms with Crippen LogP contribution >= 0.6 is 0 Å². The van der Waals surface area contributed by atoms with Crippen molar-refractivity contribution in [2.75, 3.05) is 18.1 Å². The summed E-state index contributed by atoms with van der Waals surface area (Å²) < 4.78 is 33.1. The molecule has 0 bridgehead atoms. The van der Waals surface area contributed by atoms with E-state index in [9.17, 15) is 13.5 Å². The molecule has 0 fully saturated rings. The molecule has 3 N–H and O–H groups in total. The van der Waals surface area contributed by atoms with Crippen LogP contribution < -0.4 is 26.2 Å². The summed E-state index contributed by atoms with van der Waals surface area (Å²) in [6.45, 7) is 8.80. The molecule has 0 aromatic heterocycles. The summed E-state index contributed by atoms with van der Waals surface area (Å²) >= 11 is 0. The quantitative estimate of drug-likeness (QED) is 0.130. The van der Waals surface area contributed by atoms with Crippen molar-refractivity contribution in [1.82, 2.24) is 0 Å². The third-order valence-corrected chi connectivity index (χ3v) is 7.91. The largest absolute Gasteiger partial charge is 0.508 e. The van der Waals surface area contributed by atoms with Gasteiger partial charge in [-0.1, -0.05) is 54.1 Å². The molecule has 0 unspecified atom stereocenters. The number of benzene rings is 4. The van der Waals surface area contributed by atoms with Crippen molar-refractivity contribution in [2.45, 2.75) is 48.3 Å². The molecule has 4 aromatic carbocycles. The smallest absolute Gasteiger partial charge is 0.357 e. The Kier molecular flexibility index (Phi) is 11.9. The summed E-state index contributed by atoms with van der Waals surface area (Å²) in [6.07, 6.45) is 0. The lowest BCUT2D eigenvalue weighted by Gasteiger charge is -2.09. The Hall–Kier alpha value is -5.47. The van der Waals surface area contributed by atoms with Crippen molar-refractivity contribution in [3.8, 4) is 5.75 Å². The van der Waals surface area contributed by atoms with Crippen LogP contribution in [0.25, 0.3) is 0 Å². The zero-order valence-corrected chi connectivity index (χ0v) is 27.7. The van der Waals surface area contributed by atoms with E-state index in [0.717, 1.165) is 49.4 Å². The predicted octanol–water partition coefficient (Wildman–Crippen LogP) is 3.85. The van der Waals surface area contributed by atoms with E-state index in [0.29, 0.717) is 36.8 Å². The minimum Gasteiger partial charge on any atom is -0.508 e. The third kappa shape index (κ3) is 10.0. The highest BCUT2D eigenvalue weighted by atomic mass is 32.2. The molecule has 0 atom stereocenters. The topological polar surface area (TPSA) is 179 Å². The molecule has 0 amide bonds. The molecule has 13 nitrogen and oxygen atoms in total. The Morgan fingerprint density at radius 3 is 1.67 bits per heavy atom. The van der Waals surface area contributed by atoms with Gasteiger partial charge in [0, 0.05) is 11.1 Å². The number of nitrogens with zero attached hydrogens (tertiary/aromatic N) is 6. The van der Waals surface area contributed by atoms with Crippen LogP contribution in [0.2, 0.25) is 0 Å². The fraction of sp³-hybridized carbons (Fsp3) is 0.257. The van der Waals surface area contributed by atoms with Crippen molar-refractivity contribution in [2.24, 2.45) is 30.3 Å². The molecule has 256 valence electrons. The molecular formula is C35H39N7O6S. The van der Waals surface area contributed by atoms with Gasteiger partial charge in [0.2, 0.25) is 0 Å². The van der Waals surface area contributed by atoms with Gasteiger partial charge in [-0.25, -0.2) is 0 Å². The summed E-state index contributed by atoms with van der Waals surface area (Å²) in [5, 5.41) is 21.5. The summed E-state index contributed by atoms with van der Waals surface area (Å²) in [6, 6.07) is 22.2. The normalized spacial score (nSPS) is 13.2. The highest BCUT2D eigenvalue weighted by molar-refractivity contribution is 7.87. The van der Waals surface area contributed by atoms with Crippen LogP contribution in [0.5, 0.6) is 5.75 Å². The maximum atomic E-state index is 11.0. The molecule has 0 aliphatic carbocycles. The first-order valence-electron chi connectivity index (χ1n) is 14.9. The van der Waals surface area contributed by atoms with Gasteiger partial charge in [-0.3, -0.25) is 29.2 Å². The Morgan fingerprint density at radius 1 is 0.714 bits per heavy atom. The molecule has 2 aliphatic heterocycles. The van der Waals surface area contributed by atoms with Crippen LogP contribution in [0.1, 0.15) is 54.7 Å². The zero-order valence-electron chi connectivity index (χ0n) is 26.9. The lowest BCUT2D eigenvalue weighted by molar-refractivity contribution is 0.130. The van der Waals surface area contributed by atoms with Gasteiger partial charge in [-0.05, 0) is 86.3 Å². The first-order valence-corrected chi connectivity index (χ1v) is 16.3. The number of rotatable bonds is 10. The predicted molar refractivity (Wildman–Crippen MR) is 187 cm³/mol. The Labute approximate surface area is 284 Å². The molecule has 6 rings (SSSR count). The molecule has 0 radical (unpaired) electrons. The number of nitrogens with one attached hydrogen (secondary N) is 1. The number of phenolic OH excluding ortho intramolecular Hbond substituents is 1. The van der Waals surface area contributed by atoms with Gasteiger partial charge in [0.15, 0.2) is 0 Å². The number of hydrogen-bond acceptors (Lipinski definition) is 11. The van der Waals surface area contributed by atoms with Gasteiger partial charge in [0.1, 0.15) is 32.3 Å². The van der Waals surface area contributed by atoms with E-state index in [4.69, 9.17) is 14.2 Å². The number of phenols is 1. The van der Waals surface area contributed by atoms with Gasteiger partial charge in [-0.2, -0.15) is 8.42 Å². The molecule has 2 heterocycles. The molecule has 2 aliphatic rings. The van der Waals surface area contributed by atoms with Gasteiger partial charge in [-0.15, -0.1) is 0 Å². The van der Waals surface area contributed by atoms with E-state index in [2.05, 4.69) is 35.0 Å².